The van der Waals surface area contributed by atoms with Crippen molar-refractivity contribution in [2.75, 3.05) is 11.1 Å². The summed E-state index contributed by atoms with van der Waals surface area (Å²) in [5.41, 5.74) is 0.00538. The Morgan fingerprint density at radius 3 is 2.67 bits per heavy atom. The van der Waals surface area contributed by atoms with Gasteiger partial charge in [0.05, 0.1) is 11.3 Å². The first-order valence-corrected chi connectivity index (χ1v) is 12.3. The lowest BCUT2D eigenvalue weighted by molar-refractivity contribution is -0.150. The SMILES string of the molecule is CC(C)(C)OC(=O)Nc1nc(/C(=C/C2CC2)C(=O)NC2C(=O)N3C(C(=O)O)=CCSC23)cs1. The predicted molar refractivity (Wildman–Crippen MR) is 123 cm³/mol. The number of rotatable bonds is 6. The molecule has 4 rings (SSSR count). The molecule has 0 bridgehead atoms. The Kier molecular flexibility index (Phi) is 6.23. The zero-order valence-corrected chi connectivity index (χ0v) is 19.9. The molecule has 1 aromatic rings. The third-order valence-corrected chi connectivity index (χ3v) is 6.95. The topological polar surface area (TPSA) is 138 Å². The van der Waals surface area contributed by atoms with Gasteiger partial charge in [-0.1, -0.05) is 6.08 Å². The molecule has 3 N–H and O–H groups in total. The van der Waals surface area contributed by atoms with Crippen LogP contribution in [0.5, 0.6) is 0 Å². The number of anilines is 1. The summed E-state index contributed by atoms with van der Waals surface area (Å²) in [6.45, 7) is 5.26. The van der Waals surface area contributed by atoms with Crippen LogP contribution in [0, 0.1) is 5.92 Å². The summed E-state index contributed by atoms with van der Waals surface area (Å²) >= 11 is 2.56. The zero-order chi connectivity index (χ0) is 23.9. The molecule has 3 amide bonds. The summed E-state index contributed by atoms with van der Waals surface area (Å²) in [5.74, 6) is -1.38. The van der Waals surface area contributed by atoms with Crippen LogP contribution in [0.3, 0.4) is 0 Å². The van der Waals surface area contributed by atoms with Crippen LogP contribution in [0.1, 0.15) is 39.3 Å². The average Bonchev–Trinajstić information content (AvgIpc) is 3.44. The first-order chi connectivity index (χ1) is 15.5. The lowest BCUT2D eigenvalue weighted by Crippen LogP contribution is -2.70. The zero-order valence-electron chi connectivity index (χ0n) is 18.3. The highest BCUT2D eigenvalue weighted by atomic mass is 32.2. The number of nitrogens with zero attached hydrogens (tertiary/aromatic N) is 2. The molecule has 10 nitrogen and oxygen atoms in total. The normalized spacial score (nSPS) is 22.6. The molecule has 0 radical (unpaired) electrons. The number of carbonyl (C=O) groups is 4. The van der Waals surface area contributed by atoms with Gasteiger partial charge in [0.2, 0.25) is 0 Å². The molecule has 0 spiro atoms. The molecule has 2 fully saturated rings. The molecular weight excluding hydrogens is 468 g/mol. The molecule has 3 aliphatic rings. The lowest BCUT2D eigenvalue weighted by atomic mass is 10.0. The van der Waals surface area contributed by atoms with Crippen molar-refractivity contribution in [2.24, 2.45) is 5.92 Å². The number of thiazole rings is 1. The monoisotopic (exact) mass is 492 g/mol. The molecule has 176 valence electrons. The summed E-state index contributed by atoms with van der Waals surface area (Å²) in [6, 6.07) is -0.814. The number of nitrogens with one attached hydrogen (secondary N) is 2. The molecule has 1 saturated heterocycles. The fraction of sp³-hybridized carbons (Fsp3) is 0.476. The van der Waals surface area contributed by atoms with Crippen molar-refractivity contribution < 1.29 is 29.0 Å². The third kappa shape index (κ3) is 5.22. The number of aliphatic carboxylic acids is 1. The molecular formula is C21H24N4O6S2. The van der Waals surface area contributed by atoms with E-state index in [2.05, 4.69) is 15.6 Å². The van der Waals surface area contributed by atoms with E-state index in [1.165, 1.54) is 22.7 Å². The Hall–Kier alpha value is -2.86. The van der Waals surface area contributed by atoms with Crippen LogP contribution in [0.15, 0.2) is 23.2 Å². The largest absolute Gasteiger partial charge is 0.477 e. The highest BCUT2D eigenvalue weighted by molar-refractivity contribution is 8.00. The van der Waals surface area contributed by atoms with Gasteiger partial charge in [0, 0.05) is 11.1 Å². The molecule has 3 heterocycles. The maximum absolute atomic E-state index is 13.1. The second-order valence-electron chi connectivity index (χ2n) is 8.86. The number of carbonyl (C=O) groups excluding carboxylic acids is 3. The highest BCUT2D eigenvalue weighted by Crippen LogP contribution is 2.38. The van der Waals surface area contributed by atoms with Gasteiger partial charge >= 0.3 is 12.1 Å². The number of carboxylic acid groups (broad SMARTS) is 1. The number of hydrogen-bond acceptors (Lipinski definition) is 8. The van der Waals surface area contributed by atoms with Crippen LogP contribution in [0.25, 0.3) is 5.57 Å². The van der Waals surface area contributed by atoms with Crippen LogP contribution >= 0.6 is 23.1 Å². The minimum atomic E-state index is -1.17. The predicted octanol–water partition coefficient (Wildman–Crippen LogP) is 2.65. The molecule has 2 unspecified atom stereocenters. The molecule has 0 aromatic carbocycles. The Labute approximate surface area is 198 Å². The first kappa shape index (κ1) is 23.3. The van der Waals surface area contributed by atoms with Gasteiger partial charge in [-0.3, -0.25) is 19.8 Å². The fourth-order valence-electron chi connectivity index (χ4n) is 3.38. The number of amides is 3. The van der Waals surface area contributed by atoms with Crippen molar-refractivity contribution >= 4 is 57.7 Å². The summed E-state index contributed by atoms with van der Waals surface area (Å²) in [6.07, 6.45) is 4.61. The molecule has 2 atom stereocenters. The van der Waals surface area contributed by atoms with Crippen LogP contribution in [0.2, 0.25) is 0 Å². The number of thioether (sulfide) groups is 1. The van der Waals surface area contributed by atoms with E-state index in [1.54, 1.807) is 26.2 Å². The molecule has 2 aliphatic heterocycles. The molecule has 1 aromatic heterocycles. The number of aromatic nitrogens is 1. The summed E-state index contributed by atoms with van der Waals surface area (Å²) in [5, 5.41) is 16.1. The van der Waals surface area contributed by atoms with E-state index < -0.39 is 40.9 Å². The van der Waals surface area contributed by atoms with Gasteiger partial charge in [0.25, 0.3) is 11.8 Å². The number of hydrogen-bond donors (Lipinski definition) is 3. The minimum Gasteiger partial charge on any atom is -0.477 e. The summed E-state index contributed by atoms with van der Waals surface area (Å²) in [4.78, 5) is 54.7. The first-order valence-electron chi connectivity index (χ1n) is 10.4. The van der Waals surface area contributed by atoms with Gasteiger partial charge < -0.3 is 15.2 Å². The average molecular weight is 493 g/mol. The van der Waals surface area contributed by atoms with Gasteiger partial charge in [-0.15, -0.1) is 23.1 Å². The maximum atomic E-state index is 13.1. The van der Waals surface area contributed by atoms with Crippen LogP contribution < -0.4 is 10.6 Å². The summed E-state index contributed by atoms with van der Waals surface area (Å²) < 4.78 is 5.23. The number of fused-ring (bicyclic) bond motifs is 1. The van der Waals surface area contributed by atoms with Gasteiger partial charge in [0.1, 0.15) is 22.7 Å². The second kappa shape index (κ2) is 8.82. The van der Waals surface area contributed by atoms with Crippen molar-refractivity contribution in [3.05, 3.63) is 28.9 Å². The Balaban J connectivity index is 1.46. The van der Waals surface area contributed by atoms with Crippen LogP contribution in [-0.4, -0.2) is 61.6 Å². The van der Waals surface area contributed by atoms with Crippen molar-refractivity contribution in [1.29, 1.82) is 0 Å². The lowest BCUT2D eigenvalue weighted by Gasteiger charge is -2.48. The van der Waals surface area contributed by atoms with Gasteiger partial charge in [0.15, 0.2) is 5.13 Å². The number of ether oxygens (including phenoxy) is 1. The van der Waals surface area contributed by atoms with E-state index in [9.17, 15) is 24.3 Å². The second-order valence-corrected chi connectivity index (χ2v) is 10.9. The van der Waals surface area contributed by atoms with Gasteiger partial charge in [-0.05, 0) is 45.6 Å². The van der Waals surface area contributed by atoms with Crippen LogP contribution in [0.4, 0.5) is 9.93 Å². The number of carboxylic acids is 1. The standard InChI is InChI=1S/C21H24N4O6S2/c1-21(2,3)31-20(30)24-19-22-12(9-33-19)11(8-10-4-5-10)15(26)23-14-16(27)25-13(18(28)29)6-7-32-17(14)25/h6,8-10,14,17H,4-5,7H2,1-3H3,(H,23,26)(H,28,29)(H,22,24,30)/b11-8-. The van der Waals surface area contributed by atoms with Crippen molar-refractivity contribution in [2.45, 2.75) is 50.6 Å². The van der Waals surface area contributed by atoms with Gasteiger partial charge in [-0.2, -0.15) is 0 Å². The summed E-state index contributed by atoms with van der Waals surface area (Å²) in [7, 11) is 0. The minimum absolute atomic E-state index is 0.0552. The van der Waals surface area contributed by atoms with Crippen molar-refractivity contribution in [3.8, 4) is 0 Å². The molecule has 1 saturated carbocycles. The van der Waals surface area contributed by atoms with E-state index in [0.29, 0.717) is 22.2 Å². The van der Waals surface area contributed by atoms with E-state index in [-0.39, 0.29) is 11.6 Å². The Morgan fingerprint density at radius 1 is 1.30 bits per heavy atom. The number of β-lactam (4-membered cyclic amide) rings is 1. The van der Waals surface area contributed by atoms with E-state index in [0.717, 1.165) is 24.2 Å². The van der Waals surface area contributed by atoms with E-state index >= 15 is 0 Å². The smallest absolute Gasteiger partial charge is 0.413 e. The highest BCUT2D eigenvalue weighted by Gasteiger charge is 2.53. The number of allylic oxidation sites excluding steroid dienone is 1. The van der Waals surface area contributed by atoms with Gasteiger partial charge in [-0.25, -0.2) is 14.6 Å². The molecule has 33 heavy (non-hydrogen) atoms. The maximum Gasteiger partial charge on any atom is 0.413 e. The quantitative estimate of drug-likeness (QED) is 0.407. The fourth-order valence-corrected chi connectivity index (χ4v) is 5.27. The molecule has 1 aliphatic carbocycles. The van der Waals surface area contributed by atoms with E-state index in [4.69, 9.17) is 4.74 Å². The van der Waals surface area contributed by atoms with Crippen molar-refractivity contribution in [1.82, 2.24) is 15.2 Å². The molecule has 12 heteroatoms. The Morgan fingerprint density at radius 2 is 2.03 bits per heavy atom. The van der Waals surface area contributed by atoms with Crippen molar-refractivity contribution in [3.63, 3.8) is 0 Å². The van der Waals surface area contributed by atoms with E-state index in [1.807, 2.05) is 6.08 Å². The Bertz CT molecular complexity index is 1070. The van der Waals surface area contributed by atoms with Crippen LogP contribution in [-0.2, 0) is 19.1 Å². The third-order valence-electron chi connectivity index (χ3n) is 5.01.